The van der Waals surface area contributed by atoms with Gasteiger partial charge < -0.3 is 5.73 Å². The number of nitrogens with zero attached hydrogens (tertiary/aromatic N) is 1. The van der Waals surface area contributed by atoms with Gasteiger partial charge in [0.25, 0.3) is 0 Å². The molecule has 114 valence electrons. The number of rotatable bonds is 5. The third-order valence-electron chi connectivity index (χ3n) is 4.62. The van der Waals surface area contributed by atoms with Crippen LogP contribution in [0.15, 0.2) is 24.3 Å². The molecule has 0 fully saturated rings. The molecule has 0 saturated carbocycles. The predicted octanol–water partition coefficient (Wildman–Crippen LogP) is 3.45. The smallest absolute Gasteiger partial charge is 0.123 e. The maximum absolute atomic E-state index is 13.0. The van der Waals surface area contributed by atoms with E-state index in [4.69, 9.17) is 5.73 Å². The Kier molecular flexibility index (Phi) is 5.33. The number of hydrogen-bond acceptors (Lipinski definition) is 2. The Morgan fingerprint density at radius 1 is 1.15 bits per heavy atom. The van der Waals surface area contributed by atoms with E-state index in [0.29, 0.717) is 12.6 Å². The quantitative estimate of drug-likeness (QED) is 0.895. The van der Waals surface area contributed by atoms with E-state index in [1.165, 1.54) is 12.1 Å². The van der Waals surface area contributed by atoms with E-state index in [-0.39, 0.29) is 16.8 Å². The fraction of sp³-hybridized carbons (Fsp3) is 0.647. The van der Waals surface area contributed by atoms with Gasteiger partial charge in [0, 0.05) is 18.1 Å². The van der Waals surface area contributed by atoms with Gasteiger partial charge in [-0.1, -0.05) is 32.9 Å². The average molecular weight is 280 g/mol. The summed E-state index contributed by atoms with van der Waals surface area (Å²) in [5, 5.41) is 0. The van der Waals surface area contributed by atoms with Crippen LogP contribution >= 0.6 is 0 Å². The Labute approximate surface area is 123 Å². The molecule has 3 heteroatoms. The van der Waals surface area contributed by atoms with E-state index in [9.17, 15) is 4.39 Å². The molecule has 0 aliphatic rings. The van der Waals surface area contributed by atoms with Crippen molar-refractivity contribution in [1.82, 2.24) is 4.90 Å². The van der Waals surface area contributed by atoms with Gasteiger partial charge in [0.15, 0.2) is 0 Å². The zero-order valence-corrected chi connectivity index (χ0v) is 13.7. The molecule has 1 rings (SSSR count). The lowest BCUT2D eigenvalue weighted by atomic mass is 9.82. The molecule has 1 aromatic carbocycles. The van der Waals surface area contributed by atoms with Crippen LogP contribution in [0.25, 0.3) is 0 Å². The highest BCUT2D eigenvalue weighted by Crippen LogP contribution is 2.29. The molecule has 20 heavy (non-hydrogen) atoms. The second-order valence-electron chi connectivity index (χ2n) is 7.16. The van der Waals surface area contributed by atoms with Crippen LogP contribution in [0.5, 0.6) is 0 Å². The lowest BCUT2D eigenvalue weighted by molar-refractivity contribution is 0.0425. The maximum Gasteiger partial charge on any atom is 0.123 e. The van der Waals surface area contributed by atoms with Gasteiger partial charge in [-0.2, -0.15) is 0 Å². The van der Waals surface area contributed by atoms with Crippen molar-refractivity contribution < 1.29 is 4.39 Å². The van der Waals surface area contributed by atoms with Crippen molar-refractivity contribution in [3.8, 4) is 0 Å². The Morgan fingerprint density at radius 2 is 1.65 bits per heavy atom. The zero-order valence-electron chi connectivity index (χ0n) is 13.7. The lowest BCUT2D eigenvalue weighted by Gasteiger charge is -2.46. The van der Waals surface area contributed by atoms with Gasteiger partial charge in [0.2, 0.25) is 0 Å². The van der Waals surface area contributed by atoms with Crippen molar-refractivity contribution in [2.24, 2.45) is 11.1 Å². The van der Waals surface area contributed by atoms with Gasteiger partial charge >= 0.3 is 0 Å². The summed E-state index contributed by atoms with van der Waals surface area (Å²) < 4.78 is 13.0. The summed E-state index contributed by atoms with van der Waals surface area (Å²) in [5.74, 6) is -0.195. The molecular formula is C17H29FN2. The molecule has 0 saturated heterocycles. The molecule has 0 bridgehead atoms. The first-order chi connectivity index (χ1) is 9.10. The third kappa shape index (κ3) is 4.03. The van der Waals surface area contributed by atoms with Crippen LogP contribution in [0.1, 0.15) is 40.2 Å². The summed E-state index contributed by atoms with van der Waals surface area (Å²) in [7, 11) is 2.13. The minimum Gasteiger partial charge on any atom is -0.329 e. The molecule has 0 aliphatic heterocycles. The van der Waals surface area contributed by atoms with Crippen LogP contribution in [0, 0.1) is 11.2 Å². The highest BCUT2D eigenvalue weighted by atomic mass is 19.1. The molecule has 2 N–H and O–H groups in total. The van der Waals surface area contributed by atoms with Crippen molar-refractivity contribution in [2.75, 3.05) is 13.6 Å². The van der Waals surface area contributed by atoms with Crippen molar-refractivity contribution in [3.05, 3.63) is 35.6 Å². The topological polar surface area (TPSA) is 29.3 Å². The standard InChI is InChI=1S/C17H29FN2/c1-13(16(2,3)4)20(6)17(5,12-19)11-14-7-9-15(18)10-8-14/h7-10,13H,11-12,19H2,1-6H3. The van der Waals surface area contributed by atoms with Crippen LogP contribution in [0.4, 0.5) is 4.39 Å². The summed E-state index contributed by atoms with van der Waals surface area (Å²) in [6.07, 6.45) is 0.820. The van der Waals surface area contributed by atoms with E-state index in [1.54, 1.807) is 0 Å². The number of nitrogens with two attached hydrogens (primary N) is 1. The van der Waals surface area contributed by atoms with Gasteiger partial charge in [-0.15, -0.1) is 0 Å². The molecule has 0 radical (unpaired) electrons. The number of benzene rings is 1. The Bertz CT molecular complexity index is 422. The van der Waals surface area contributed by atoms with E-state index in [1.807, 2.05) is 12.1 Å². The average Bonchev–Trinajstić information content (AvgIpc) is 2.38. The van der Waals surface area contributed by atoms with Gasteiger partial charge in [-0.3, -0.25) is 4.90 Å². The van der Waals surface area contributed by atoms with Crippen molar-refractivity contribution in [2.45, 2.75) is 52.6 Å². The SMILES string of the molecule is CC(N(C)C(C)(CN)Cc1ccc(F)cc1)C(C)(C)C. The van der Waals surface area contributed by atoms with E-state index < -0.39 is 0 Å². The number of hydrogen-bond donors (Lipinski definition) is 1. The first-order valence-electron chi connectivity index (χ1n) is 7.27. The molecule has 0 amide bonds. The van der Waals surface area contributed by atoms with Crippen LogP contribution in [-0.4, -0.2) is 30.1 Å². The van der Waals surface area contributed by atoms with E-state index >= 15 is 0 Å². The summed E-state index contributed by atoms with van der Waals surface area (Å²) in [5.41, 5.74) is 7.22. The van der Waals surface area contributed by atoms with Crippen molar-refractivity contribution in [1.29, 1.82) is 0 Å². The monoisotopic (exact) mass is 280 g/mol. The first kappa shape index (κ1) is 17.1. The van der Waals surface area contributed by atoms with E-state index in [0.717, 1.165) is 12.0 Å². The highest BCUT2D eigenvalue weighted by Gasteiger charge is 2.35. The second kappa shape index (κ2) is 6.23. The van der Waals surface area contributed by atoms with Gasteiger partial charge in [-0.05, 0) is 50.4 Å². The van der Waals surface area contributed by atoms with Gasteiger partial charge in [0.1, 0.15) is 5.82 Å². The van der Waals surface area contributed by atoms with Crippen molar-refractivity contribution in [3.63, 3.8) is 0 Å². The molecule has 0 aliphatic carbocycles. The fourth-order valence-corrected chi connectivity index (χ4v) is 2.43. The number of halogens is 1. The minimum absolute atomic E-state index is 0.134. The Morgan fingerprint density at radius 3 is 2.05 bits per heavy atom. The summed E-state index contributed by atoms with van der Waals surface area (Å²) >= 11 is 0. The Hall–Kier alpha value is -0.930. The zero-order chi connectivity index (χ0) is 15.6. The van der Waals surface area contributed by atoms with Crippen LogP contribution in [-0.2, 0) is 6.42 Å². The molecule has 0 heterocycles. The second-order valence-corrected chi connectivity index (χ2v) is 7.16. The molecule has 0 aromatic heterocycles. The first-order valence-corrected chi connectivity index (χ1v) is 7.27. The fourth-order valence-electron chi connectivity index (χ4n) is 2.43. The largest absolute Gasteiger partial charge is 0.329 e. The van der Waals surface area contributed by atoms with Crippen LogP contribution < -0.4 is 5.73 Å². The normalized spacial score (nSPS) is 17.1. The third-order valence-corrected chi connectivity index (χ3v) is 4.62. The molecule has 2 nitrogen and oxygen atoms in total. The minimum atomic E-state index is -0.195. The summed E-state index contributed by atoms with van der Waals surface area (Å²) in [6.45, 7) is 11.7. The van der Waals surface area contributed by atoms with Crippen LogP contribution in [0.2, 0.25) is 0 Å². The summed E-state index contributed by atoms with van der Waals surface area (Å²) in [6, 6.07) is 7.12. The molecular weight excluding hydrogens is 251 g/mol. The Balaban J connectivity index is 2.93. The maximum atomic E-state index is 13.0. The van der Waals surface area contributed by atoms with Crippen molar-refractivity contribution >= 4 is 0 Å². The van der Waals surface area contributed by atoms with Gasteiger partial charge in [0.05, 0.1) is 0 Å². The molecule has 2 unspecified atom stereocenters. The van der Waals surface area contributed by atoms with E-state index in [2.05, 4.69) is 46.6 Å². The molecule has 1 aromatic rings. The van der Waals surface area contributed by atoms with Gasteiger partial charge in [-0.25, -0.2) is 4.39 Å². The highest BCUT2D eigenvalue weighted by molar-refractivity contribution is 5.19. The molecule has 2 atom stereocenters. The predicted molar refractivity (Wildman–Crippen MR) is 84.2 cm³/mol. The lowest BCUT2D eigenvalue weighted by Crippen LogP contribution is -2.57. The molecule has 0 spiro atoms. The number of likely N-dealkylation sites (N-methyl/N-ethyl adjacent to an activating group) is 1. The summed E-state index contributed by atoms with van der Waals surface area (Å²) in [4.78, 5) is 2.36. The van der Waals surface area contributed by atoms with Crippen LogP contribution in [0.3, 0.4) is 0 Å².